The molecule has 12 heavy (non-hydrogen) atoms. The monoisotopic (exact) mass is 178 g/mol. The lowest BCUT2D eigenvalue weighted by Gasteiger charge is -1.93. The summed E-state index contributed by atoms with van der Waals surface area (Å²) in [5.74, 6) is 0. The van der Waals surface area contributed by atoms with E-state index in [-0.39, 0.29) is 0 Å². The van der Waals surface area contributed by atoms with E-state index >= 15 is 0 Å². The van der Waals surface area contributed by atoms with E-state index in [4.69, 9.17) is 4.43 Å². The van der Waals surface area contributed by atoms with Gasteiger partial charge < -0.3 is 4.43 Å². The van der Waals surface area contributed by atoms with Gasteiger partial charge in [0.25, 0.3) is 0 Å². The zero-order valence-electron chi connectivity index (χ0n) is 7.36. The summed E-state index contributed by atoms with van der Waals surface area (Å²) in [6.07, 6.45) is 2.13. The molecule has 0 radical (unpaired) electrons. The summed E-state index contributed by atoms with van der Waals surface area (Å²) in [7, 11) is -0.413. The molecule has 0 aliphatic rings. The van der Waals surface area contributed by atoms with Gasteiger partial charge in [-0.2, -0.15) is 0 Å². The van der Waals surface area contributed by atoms with Crippen molar-refractivity contribution in [2.45, 2.75) is 6.92 Å². The Hall–Kier alpha value is -0.863. The van der Waals surface area contributed by atoms with Gasteiger partial charge in [0.05, 0.1) is 0 Å². The summed E-state index contributed by atoms with van der Waals surface area (Å²) < 4.78 is 5.31. The van der Waals surface area contributed by atoms with Crippen LogP contribution in [0.1, 0.15) is 12.5 Å². The highest BCUT2D eigenvalue weighted by molar-refractivity contribution is 6.35. The van der Waals surface area contributed by atoms with Gasteiger partial charge in [0.1, 0.15) is 0 Å². The van der Waals surface area contributed by atoms with Crippen LogP contribution in [0.2, 0.25) is 0 Å². The highest BCUT2D eigenvalue weighted by Gasteiger charge is 1.82. The summed E-state index contributed by atoms with van der Waals surface area (Å²) in [6.45, 7) is 2.87. The fourth-order valence-corrected chi connectivity index (χ4v) is 1.67. The van der Waals surface area contributed by atoms with Crippen LogP contribution in [0.15, 0.2) is 36.0 Å². The van der Waals surface area contributed by atoms with Crippen molar-refractivity contribution in [3.05, 3.63) is 41.6 Å². The number of rotatable bonds is 4. The molecule has 0 saturated carbocycles. The van der Waals surface area contributed by atoms with Gasteiger partial charge in [-0.25, -0.2) is 0 Å². The topological polar surface area (TPSA) is 9.23 Å². The molecule has 0 aliphatic carbocycles. The first-order valence-corrected chi connectivity index (χ1v) is 5.62. The molecule has 1 rings (SSSR count). The molecule has 0 spiro atoms. The molecule has 0 saturated heterocycles. The predicted octanol–water partition coefficient (Wildman–Crippen LogP) is 1.78. The van der Waals surface area contributed by atoms with E-state index in [2.05, 4.69) is 23.9 Å². The van der Waals surface area contributed by atoms with Crippen LogP contribution in [-0.2, 0) is 4.43 Å². The second-order valence-electron chi connectivity index (χ2n) is 2.47. The molecule has 64 valence electrons. The number of benzene rings is 1. The van der Waals surface area contributed by atoms with Crippen molar-refractivity contribution in [2.24, 2.45) is 0 Å². The van der Waals surface area contributed by atoms with Crippen LogP contribution in [0.25, 0.3) is 6.08 Å². The van der Waals surface area contributed by atoms with Crippen molar-refractivity contribution in [3.63, 3.8) is 0 Å². The fourth-order valence-electron chi connectivity index (χ4n) is 0.934. The van der Waals surface area contributed by atoms with Crippen LogP contribution in [0.4, 0.5) is 0 Å². The van der Waals surface area contributed by atoms with Crippen LogP contribution < -0.4 is 0 Å². The van der Waals surface area contributed by atoms with E-state index in [9.17, 15) is 0 Å². The standard InChI is InChI=1S/C10H14OSi/c1-2-11-12-9-8-10-6-4-3-5-7-10/h3-9H,2,12H2,1H3. The van der Waals surface area contributed by atoms with Crippen LogP contribution in [0, 0.1) is 0 Å². The third-order valence-electron chi connectivity index (χ3n) is 1.53. The quantitative estimate of drug-likeness (QED) is 0.504. The minimum absolute atomic E-state index is 0.413. The Morgan fingerprint density at radius 1 is 1.33 bits per heavy atom. The van der Waals surface area contributed by atoms with Gasteiger partial charge in [-0.3, -0.25) is 0 Å². The molecule has 0 N–H and O–H groups in total. The summed E-state index contributed by atoms with van der Waals surface area (Å²) in [4.78, 5) is 0. The Bertz CT molecular complexity index is 231. The van der Waals surface area contributed by atoms with Crippen LogP contribution in [0.3, 0.4) is 0 Å². The highest BCUT2D eigenvalue weighted by Crippen LogP contribution is 1.99. The molecule has 0 fully saturated rings. The first-order valence-electron chi connectivity index (χ1n) is 4.23. The van der Waals surface area contributed by atoms with Gasteiger partial charge in [-0.1, -0.05) is 42.1 Å². The molecular formula is C10H14OSi. The molecule has 0 unspecified atom stereocenters. The van der Waals surface area contributed by atoms with Gasteiger partial charge in [0.15, 0.2) is 9.76 Å². The summed E-state index contributed by atoms with van der Waals surface area (Å²) in [6, 6.07) is 10.3. The fraction of sp³-hybridized carbons (Fsp3) is 0.200. The van der Waals surface area contributed by atoms with E-state index in [1.165, 1.54) is 5.56 Å². The molecule has 0 aliphatic heterocycles. The van der Waals surface area contributed by atoms with Gasteiger partial charge >= 0.3 is 0 Å². The zero-order valence-corrected chi connectivity index (χ0v) is 8.78. The van der Waals surface area contributed by atoms with Crippen molar-refractivity contribution < 1.29 is 4.43 Å². The normalized spacial score (nSPS) is 11.8. The van der Waals surface area contributed by atoms with E-state index in [1.54, 1.807) is 0 Å². The molecule has 0 atom stereocenters. The van der Waals surface area contributed by atoms with Gasteiger partial charge in [-0.15, -0.1) is 0 Å². The number of hydrogen-bond acceptors (Lipinski definition) is 1. The van der Waals surface area contributed by atoms with Crippen LogP contribution in [-0.4, -0.2) is 16.4 Å². The van der Waals surface area contributed by atoms with Crippen LogP contribution >= 0.6 is 0 Å². The number of hydrogen-bond donors (Lipinski definition) is 0. The SMILES string of the molecule is CCO[SiH2]C=Cc1ccccc1. The summed E-state index contributed by atoms with van der Waals surface area (Å²) in [5.41, 5.74) is 3.42. The molecule has 0 heterocycles. The Kier molecular flexibility index (Phi) is 4.42. The predicted molar refractivity (Wildman–Crippen MR) is 55.6 cm³/mol. The molecule has 0 bridgehead atoms. The van der Waals surface area contributed by atoms with E-state index < -0.39 is 9.76 Å². The molecule has 0 amide bonds. The maximum absolute atomic E-state index is 5.31. The average molecular weight is 178 g/mol. The van der Waals surface area contributed by atoms with Gasteiger partial charge in [0.2, 0.25) is 0 Å². The lowest BCUT2D eigenvalue weighted by atomic mass is 10.2. The summed E-state index contributed by atoms with van der Waals surface area (Å²) in [5, 5.41) is 0. The highest BCUT2D eigenvalue weighted by atomic mass is 28.2. The third-order valence-corrected chi connectivity index (χ3v) is 2.60. The first kappa shape index (κ1) is 9.23. The molecular weight excluding hydrogens is 164 g/mol. The van der Waals surface area contributed by atoms with Gasteiger partial charge in [0, 0.05) is 6.61 Å². The second-order valence-corrected chi connectivity index (χ2v) is 3.69. The van der Waals surface area contributed by atoms with E-state index in [0.717, 1.165) is 6.61 Å². The van der Waals surface area contributed by atoms with Crippen LogP contribution in [0.5, 0.6) is 0 Å². The van der Waals surface area contributed by atoms with Crippen molar-refractivity contribution in [2.75, 3.05) is 6.61 Å². The van der Waals surface area contributed by atoms with Crippen molar-refractivity contribution >= 4 is 15.8 Å². The maximum atomic E-state index is 5.31. The second kappa shape index (κ2) is 5.74. The van der Waals surface area contributed by atoms with Crippen molar-refractivity contribution in [3.8, 4) is 0 Å². The lowest BCUT2D eigenvalue weighted by molar-refractivity contribution is 0.367. The maximum Gasteiger partial charge on any atom is 0.185 e. The Labute approximate surface area is 76.0 Å². The molecule has 2 heteroatoms. The lowest BCUT2D eigenvalue weighted by Crippen LogP contribution is -1.92. The third kappa shape index (κ3) is 3.51. The molecule has 1 aromatic rings. The molecule has 1 aromatic carbocycles. The van der Waals surface area contributed by atoms with Crippen molar-refractivity contribution in [1.82, 2.24) is 0 Å². The first-order chi connectivity index (χ1) is 5.93. The van der Waals surface area contributed by atoms with E-state index in [0.29, 0.717) is 0 Å². The van der Waals surface area contributed by atoms with Crippen molar-refractivity contribution in [1.29, 1.82) is 0 Å². The molecule has 0 aromatic heterocycles. The summed E-state index contributed by atoms with van der Waals surface area (Å²) >= 11 is 0. The Balaban J connectivity index is 2.36. The largest absolute Gasteiger partial charge is 0.419 e. The molecule has 1 nitrogen and oxygen atoms in total. The average Bonchev–Trinajstić information content (AvgIpc) is 2.14. The Morgan fingerprint density at radius 2 is 2.08 bits per heavy atom. The van der Waals surface area contributed by atoms with E-state index in [1.807, 2.05) is 25.1 Å². The van der Waals surface area contributed by atoms with Gasteiger partial charge in [-0.05, 0) is 12.5 Å². The Morgan fingerprint density at radius 3 is 2.75 bits per heavy atom. The smallest absolute Gasteiger partial charge is 0.185 e. The minimum atomic E-state index is -0.413. The zero-order chi connectivity index (χ0) is 8.65. The minimum Gasteiger partial charge on any atom is -0.419 e.